The van der Waals surface area contributed by atoms with Gasteiger partial charge in [0.15, 0.2) is 0 Å². The Morgan fingerprint density at radius 3 is 2.80 bits per heavy atom. The summed E-state index contributed by atoms with van der Waals surface area (Å²) in [6.07, 6.45) is 3.80. The number of hydrogen-bond acceptors (Lipinski definition) is 1. The van der Waals surface area contributed by atoms with Crippen molar-refractivity contribution in [3.05, 3.63) is 48.0 Å². The van der Waals surface area contributed by atoms with Gasteiger partial charge in [-0.3, -0.25) is 4.90 Å². The van der Waals surface area contributed by atoms with Crippen LogP contribution in [0.5, 0.6) is 0 Å². The third kappa shape index (κ3) is 1.26. The molecule has 1 unspecified atom stereocenters. The number of hydrogen-bond donors (Lipinski definition) is 0. The van der Waals surface area contributed by atoms with E-state index in [1.807, 2.05) is 0 Å². The molecule has 0 aliphatic carbocycles. The molecule has 1 nitrogen and oxygen atoms in total. The summed E-state index contributed by atoms with van der Waals surface area (Å²) >= 11 is 0. The summed E-state index contributed by atoms with van der Waals surface area (Å²) in [5.74, 6) is 0. The SMILES string of the molecule is C=C1CN2CCCC2(c2ccccc2)C1. The first-order chi connectivity index (χ1) is 7.31. The summed E-state index contributed by atoms with van der Waals surface area (Å²) in [5.41, 5.74) is 3.19. The van der Waals surface area contributed by atoms with Gasteiger partial charge in [0, 0.05) is 6.54 Å². The van der Waals surface area contributed by atoms with E-state index in [9.17, 15) is 0 Å². The molecule has 3 rings (SSSR count). The van der Waals surface area contributed by atoms with Crippen LogP contribution in [0.2, 0.25) is 0 Å². The summed E-state index contributed by atoms with van der Waals surface area (Å²) in [5, 5.41) is 0. The molecule has 0 bridgehead atoms. The maximum Gasteiger partial charge on any atom is 0.0501 e. The standard InChI is InChI=1S/C14H17N/c1-12-10-14(8-5-9-15(14)11-12)13-6-3-2-4-7-13/h2-4,6-7H,1,5,8-11H2. The Bertz CT molecular complexity index is 382. The molecule has 1 heteroatoms. The molecule has 0 radical (unpaired) electrons. The first kappa shape index (κ1) is 9.17. The van der Waals surface area contributed by atoms with Crippen LogP contribution < -0.4 is 0 Å². The van der Waals surface area contributed by atoms with Crippen LogP contribution in [0.15, 0.2) is 42.5 Å². The van der Waals surface area contributed by atoms with Gasteiger partial charge < -0.3 is 0 Å². The van der Waals surface area contributed by atoms with Crippen molar-refractivity contribution in [3.63, 3.8) is 0 Å². The second-order valence-electron chi connectivity index (χ2n) is 4.85. The first-order valence-electron chi connectivity index (χ1n) is 5.78. The van der Waals surface area contributed by atoms with Crippen LogP contribution in [0.3, 0.4) is 0 Å². The zero-order valence-corrected chi connectivity index (χ0v) is 9.08. The van der Waals surface area contributed by atoms with Crippen molar-refractivity contribution < 1.29 is 0 Å². The van der Waals surface area contributed by atoms with Crippen LogP contribution in [0.1, 0.15) is 24.8 Å². The van der Waals surface area contributed by atoms with Crippen molar-refractivity contribution in [3.8, 4) is 0 Å². The summed E-state index contributed by atoms with van der Waals surface area (Å²) in [6.45, 7) is 6.52. The predicted molar refractivity (Wildman–Crippen MR) is 62.7 cm³/mol. The van der Waals surface area contributed by atoms with Crippen LogP contribution in [0.25, 0.3) is 0 Å². The second kappa shape index (κ2) is 3.21. The van der Waals surface area contributed by atoms with Gasteiger partial charge in [0.25, 0.3) is 0 Å². The highest BCUT2D eigenvalue weighted by Crippen LogP contribution is 2.47. The van der Waals surface area contributed by atoms with Crippen molar-refractivity contribution in [2.45, 2.75) is 24.8 Å². The molecule has 0 N–H and O–H groups in total. The van der Waals surface area contributed by atoms with Gasteiger partial charge in [-0.1, -0.05) is 42.5 Å². The van der Waals surface area contributed by atoms with E-state index >= 15 is 0 Å². The van der Waals surface area contributed by atoms with E-state index in [1.165, 1.54) is 30.5 Å². The van der Waals surface area contributed by atoms with Crippen molar-refractivity contribution in [2.75, 3.05) is 13.1 Å². The highest BCUT2D eigenvalue weighted by atomic mass is 15.2. The van der Waals surface area contributed by atoms with Crippen molar-refractivity contribution in [1.82, 2.24) is 4.90 Å². The molecule has 2 fully saturated rings. The van der Waals surface area contributed by atoms with Gasteiger partial charge in [-0.25, -0.2) is 0 Å². The predicted octanol–water partition coefficient (Wildman–Crippen LogP) is 2.94. The van der Waals surface area contributed by atoms with E-state index in [2.05, 4.69) is 41.8 Å². The van der Waals surface area contributed by atoms with Crippen LogP contribution in [0, 0.1) is 0 Å². The topological polar surface area (TPSA) is 3.24 Å². The summed E-state index contributed by atoms with van der Waals surface area (Å²) in [7, 11) is 0. The third-order valence-electron chi connectivity index (χ3n) is 3.89. The van der Waals surface area contributed by atoms with Gasteiger partial charge >= 0.3 is 0 Å². The molecular weight excluding hydrogens is 182 g/mol. The lowest BCUT2D eigenvalue weighted by atomic mass is 9.85. The van der Waals surface area contributed by atoms with Crippen LogP contribution in [-0.2, 0) is 5.54 Å². The molecule has 1 atom stereocenters. The lowest BCUT2D eigenvalue weighted by Gasteiger charge is -2.32. The van der Waals surface area contributed by atoms with E-state index in [0.29, 0.717) is 5.54 Å². The molecule has 2 aliphatic heterocycles. The van der Waals surface area contributed by atoms with Crippen LogP contribution in [0.4, 0.5) is 0 Å². The fourth-order valence-corrected chi connectivity index (χ4v) is 3.28. The molecule has 0 aromatic heterocycles. The van der Waals surface area contributed by atoms with E-state index in [-0.39, 0.29) is 0 Å². The van der Waals surface area contributed by atoms with Crippen molar-refractivity contribution >= 4 is 0 Å². The van der Waals surface area contributed by atoms with E-state index < -0.39 is 0 Å². The first-order valence-corrected chi connectivity index (χ1v) is 5.78. The van der Waals surface area contributed by atoms with Gasteiger partial charge in [-0.15, -0.1) is 0 Å². The Morgan fingerprint density at radius 1 is 1.20 bits per heavy atom. The zero-order valence-electron chi connectivity index (χ0n) is 9.08. The Balaban J connectivity index is 2.05. The fourth-order valence-electron chi connectivity index (χ4n) is 3.28. The molecular formula is C14H17N. The summed E-state index contributed by atoms with van der Waals surface area (Å²) in [4.78, 5) is 2.62. The van der Waals surface area contributed by atoms with Gasteiger partial charge in [0.1, 0.15) is 0 Å². The maximum absolute atomic E-state index is 4.17. The molecule has 1 aromatic carbocycles. The molecule has 15 heavy (non-hydrogen) atoms. The minimum absolute atomic E-state index is 0.304. The smallest absolute Gasteiger partial charge is 0.0501 e. The Kier molecular flexibility index (Phi) is 1.96. The molecule has 0 spiro atoms. The van der Waals surface area contributed by atoms with Crippen LogP contribution in [-0.4, -0.2) is 18.0 Å². The van der Waals surface area contributed by atoms with Gasteiger partial charge in [0.05, 0.1) is 5.54 Å². The average molecular weight is 199 g/mol. The number of rotatable bonds is 1. The Hall–Kier alpha value is -1.08. The fraction of sp³-hybridized carbons (Fsp3) is 0.429. The summed E-state index contributed by atoms with van der Waals surface area (Å²) < 4.78 is 0. The largest absolute Gasteiger partial charge is 0.289 e. The summed E-state index contributed by atoms with van der Waals surface area (Å²) in [6, 6.07) is 11.0. The van der Waals surface area contributed by atoms with E-state index in [0.717, 1.165) is 13.0 Å². The normalized spacial score (nSPS) is 30.8. The molecule has 2 saturated heterocycles. The van der Waals surface area contributed by atoms with Crippen molar-refractivity contribution in [1.29, 1.82) is 0 Å². The number of nitrogens with zero attached hydrogens (tertiary/aromatic N) is 1. The minimum atomic E-state index is 0.304. The highest BCUT2D eigenvalue weighted by molar-refractivity contribution is 5.32. The lowest BCUT2D eigenvalue weighted by Crippen LogP contribution is -2.35. The quantitative estimate of drug-likeness (QED) is 0.629. The monoisotopic (exact) mass is 199 g/mol. The maximum atomic E-state index is 4.17. The Morgan fingerprint density at radius 2 is 2.00 bits per heavy atom. The average Bonchev–Trinajstić information content (AvgIpc) is 2.75. The zero-order chi connectivity index (χ0) is 10.3. The number of benzene rings is 1. The Labute approximate surface area is 91.4 Å². The van der Waals surface area contributed by atoms with Gasteiger partial charge in [0.2, 0.25) is 0 Å². The lowest BCUT2D eigenvalue weighted by molar-refractivity contribution is 0.197. The molecule has 78 valence electrons. The van der Waals surface area contributed by atoms with Crippen molar-refractivity contribution in [2.24, 2.45) is 0 Å². The van der Waals surface area contributed by atoms with E-state index in [1.54, 1.807) is 0 Å². The molecule has 2 aliphatic rings. The highest BCUT2D eigenvalue weighted by Gasteiger charge is 2.46. The van der Waals surface area contributed by atoms with Gasteiger partial charge in [-0.05, 0) is 31.4 Å². The molecule has 0 amide bonds. The third-order valence-corrected chi connectivity index (χ3v) is 3.89. The van der Waals surface area contributed by atoms with Crippen LogP contribution >= 0.6 is 0 Å². The molecule has 2 heterocycles. The van der Waals surface area contributed by atoms with Gasteiger partial charge in [-0.2, -0.15) is 0 Å². The molecule has 1 aromatic rings. The second-order valence-corrected chi connectivity index (χ2v) is 4.85. The number of fused-ring (bicyclic) bond motifs is 1. The molecule has 0 saturated carbocycles. The minimum Gasteiger partial charge on any atom is -0.289 e. The van der Waals surface area contributed by atoms with E-state index in [4.69, 9.17) is 0 Å².